The Kier molecular flexibility index (Phi) is 4.80. The number of para-hydroxylation sites is 1. The number of hydrogen-bond donors (Lipinski definition) is 2. The number of aliphatic imine (C=N–C) groups is 1. The fourth-order valence-electron chi connectivity index (χ4n) is 3.74. The maximum absolute atomic E-state index is 6.08. The van der Waals surface area contributed by atoms with Gasteiger partial charge in [-0.05, 0) is 54.9 Å². The fourth-order valence-corrected chi connectivity index (χ4v) is 3.74. The average Bonchev–Trinajstić information content (AvgIpc) is 3.33. The molecule has 1 saturated heterocycles. The van der Waals surface area contributed by atoms with Crippen molar-refractivity contribution < 1.29 is 9.47 Å². The third kappa shape index (κ3) is 3.99. The molecule has 1 spiro atoms. The molecule has 1 aliphatic carbocycles. The van der Waals surface area contributed by atoms with Crippen molar-refractivity contribution in [3.05, 3.63) is 54.6 Å². The van der Waals surface area contributed by atoms with Crippen LogP contribution in [-0.4, -0.2) is 25.7 Å². The summed E-state index contributed by atoms with van der Waals surface area (Å²) in [6.45, 7) is 2.57. The third-order valence-electron chi connectivity index (χ3n) is 5.41. The zero-order chi connectivity index (χ0) is 17.8. The Hall–Kier alpha value is -2.53. The lowest BCUT2D eigenvalue weighted by Crippen LogP contribution is -2.24. The number of guanidine groups is 1. The van der Waals surface area contributed by atoms with Gasteiger partial charge in [-0.15, -0.1) is 0 Å². The molecule has 1 atom stereocenters. The van der Waals surface area contributed by atoms with Crippen molar-refractivity contribution in [1.82, 2.24) is 0 Å². The van der Waals surface area contributed by atoms with Gasteiger partial charge in [0.25, 0.3) is 0 Å². The van der Waals surface area contributed by atoms with Gasteiger partial charge < -0.3 is 20.5 Å². The summed E-state index contributed by atoms with van der Waals surface area (Å²) in [5, 5.41) is 3.17. The number of anilines is 1. The van der Waals surface area contributed by atoms with E-state index in [4.69, 9.17) is 15.2 Å². The standard InChI is InChI=1S/C21H25N3O2/c22-20(23-15-16-14-21(16)9-11-25-12-10-21)24-17-5-4-8-19(13-17)26-18-6-2-1-3-7-18/h1-8,13,16H,9-12,14-15H2,(H3,22,23,24). The summed E-state index contributed by atoms with van der Waals surface area (Å²) in [6, 6.07) is 17.5. The van der Waals surface area contributed by atoms with E-state index in [1.165, 1.54) is 19.3 Å². The predicted octanol–water partition coefficient (Wildman–Crippen LogP) is 4.02. The zero-order valence-electron chi connectivity index (χ0n) is 14.9. The van der Waals surface area contributed by atoms with Crippen molar-refractivity contribution in [3.63, 3.8) is 0 Å². The number of hydrogen-bond acceptors (Lipinski definition) is 3. The number of benzene rings is 2. The molecule has 2 aromatic carbocycles. The first-order valence-electron chi connectivity index (χ1n) is 9.21. The van der Waals surface area contributed by atoms with E-state index in [0.29, 0.717) is 17.3 Å². The first-order valence-corrected chi connectivity index (χ1v) is 9.21. The summed E-state index contributed by atoms with van der Waals surface area (Å²) in [7, 11) is 0. The van der Waals surface area contributed by atoms with Gasteiger partial charge in [0.2, 0.25) is 0 Å². The van der Waals surface area contributed by atoms with Gasteiger partial charge >= 0.3 is 0 Å². The largest absolute Gasteiger partial charge is 0.457 e. The van der Waals surface area contributed by atoms with Crippen molar-refractivity contribution in [1.29, 1.82) is 0 Å². The molecule has 2 aliphatic rings. The smallest absolute Gasteiger partial charge is 0.193 e. The molecule has 3 N–H and O–H groups in total. The Balaban J connectivity index is 1.33. The molecule has 5 heteroatoms. The van der Waals surface area contributed by atoms with Gasteiger partial charge in [0, 0.05) is 31.5 Å². The van der Waals surface area contributed by atoms with Crippen molar-refractivity contribution in [2.75, 3.05) is 25.1 Å². The van der Waals surface area contributed by atoms with Crippen LogP contribution in [0.4, 0.5) is 5.69 Å². The van der Waals surface area contributed by atoms with E-state index in [0.717, 1.165) is 36.9 Å². The maximum Gasteiger partial charge on any atom is 0.193 e. The van der Waals surface area contributed by atoms with Crippen LogP contribution in [0.2, 0.25) is 0 Å². The normalized spacial score (nSPS) is 21.4. The minimum absolute atomic E-state index is 0.455. The third-order valence-corrected chi connectivity index (χ3v) is 5.41. The van der Waals surface area contributed by atoms with Gasteiger partial charge in [-0.3, -0.25) is 4.99 Å². The molecule has 0 aromatic heterocycles. The lowest BCUT2D eigenvalue weighted by molar-refractivity contribution is 0.0525. The number of nitrogens with one attached hydrogen (secondary N) is 1. The Morgan fingerprint density at radius 1 is 1.12 bits per heavy atom. The van der Waals surface area contributed by atoms with E-state index in [2.05, 4.69) is 10.3 Å². The molecule has 1 heterocycles. The lowest BCUT2D eigenvalue weighted by Gasteiger charge is -2.22. The molecule has 136 valence electrons. The summed E-state index contributed by atoms with van der Waals surface area (Å²) >= 11 is 0. The van der Waals surface area contributed by atoms with Crippen molar-refractivity contribution >= 4 is 11.6 Å². The molecule has 1 saturated carbocycles. The summed E-state index contributed by atoms with van der Waals surface area (Å²) in [5.41, 5.74) is 7.42. The van der Waals surface area contributed by atoms with Crippen LogP contribution in [0.3, 0.4) is 0 Å². The Labute approximate surface area is 154 Å². The van der Waals surface area contributed by atoms with E-state index in [9.17, 15) is 0 Å². The molecule has 0 radical (unpaired) electrons. The molecule has 1 unspecified atom stereocenters. The molecular formula is C21H25N3O2. The first-order chi connectivity index (χ1) is 12.7. The van der Waals surface area contributed by atoms with Crippen LogP contribution in [-0.2, 0) is 4.74 Å². The Morgan fingerprint density at radius 2 is 1.88 bits per heavy atom. The van der Waals surface area contributed by atoms with E-state index >= 15 is 0 Å². The maximum atomic E-state index is 6.08. The van der Waals surface area contributed by atoms with Crippen LogP contribution in [0, 0.1) is 11.3 Å². The van der Waals surface area contributed by atoms with Gasteiger partial charge in [-0.2, -0.15) is 0 Å². The number of nitrogens with two attached hydrogens (primary N) is 1. The minimum atomic E-state index is 0.455. The van der Waals surface area contributed by atoms with E-state index in [1.54, 1.807) is 0 Å². The van der Waals surface area contributed by atoms with E-state index < -0.39 is 0 Å². The summed E-state index contributed by atoms with van der Waals surface area (Å²) < 4.78 is 11.3. The van der Waals surface area contributed by atoms with Crippen LogP contribution < -0.4 is 15.8 Å². The Bertz CT molecular complexity index is 770. The van der Waals surface area contributed by atoms with Crippen LogP contribution in [0.15, 0.2) is 59.6 Å². The highest BCUT2D eigenvalue weighted by Gasteiger charge is 2.53. The number of rotatable bonds is 5. The molecule has 4 rings (SSSR count). The topological polar surface area (TPSA) is 68.9 Å². The second-order valence-corrected chi connectivity index (χ2v) is 7.17. The molecule has 0 amide bonds. The van der Waals surface area contributed by atoms with Gasteiger partial charge in [0.15, 0.2) is 5.96 Å². The van der Waals surface area contributed by atoms with Gasteiger partial charge in [-0.1, -0.05) is 24.3 Å². The number of ether oxygens (including phenoxy) is 2. The molecule has 0 bridgehead atoms. The zero-order valence-corrected chi connectivity index (χ0v) is 14.9. The highest BCUT2D eigenvalue weighted by molar-refractivity contribution is 5.92. The van der Waals surface area contributed by atoms with E-state index in [1.807, 2.05) is 54.6 Å². The SMILES string of the molecule is NC(=NCC1CC12CCOCC2)Nc1cccc(Oc2ccccc2)c1. The second kappa shape index (κ2) is 7.38. The lowest BCUT2D eigenvalue weighted by atomic mass is 9.94. The van der Waals surface area contributed by atoms with E-state index in [-0.39, 0.29) is 0 Å². The molecule has 2 aromatic rings. The molecule has 5 nitrogen and oxygen atoms in total. The molecule has 2 fully saturated rings. The van der Waals surface area contributed by atoms with Gasteiger partial charge in [-0.25, -0.2) is 0 Å². The van der Waals surface area contributed by atoms with Crippen LogP contribution in [0.1, 0.15) is 19.3 Å². The minimum Gasteiger partial charge on any atom is -0.457 e. The first kappa shape index (κ1) is 16.9. The predicted molar refractivity (Wildman–Crippen MR) is 104 cm³/mol. The van der Waals surface area contributed by atoms with Crippen molar-refractivity contribution in [2.24, 2.45) is 22.1 Å². The van der Waals surface area contributed by atoms with Crippen LogP contribution in [0.25, 0.3) is 0 Å². The summed E-state index contributed by atoms with van der Waals surface area (Å²) in [5.74, 6) is 2.68. The monoisotopic (exact) mass is 351 g/mol. The molecular weight excluding hydrogens is 326 g/mol. The molecule has 26 heavy (non-hydrogen) atoms. The van der Waals surface area contributed by atoms with Gasteiger partial charge in [0.1, 0.15) is 11.5 Å². The van der Waals surface area contributed by atoms with Crippen molar-refractivity contribution in [2.45, 2.75) is 19.3 Å². The Morgan fingerprint density at radius 3 is 2.69 bits per heavy atom. The molecule has 1 aliphatic heterocycles. The highest BCUT2D eigenvalue weighted by atomic mass is 16.5. The van der Waals surface area contributed by atoms with Crippen molar-refractivity contribution in [3.8, 4) is 11.5 Å². The highest BCUT2D eigenvalue weighted by Crippen LogP contribution is 2.59. The summed E-state index contributed by atoms with van der Waals surface area (Å²) in [6.07, 6.45) is 3.59. The second-order valence-electron chi connectivity index (χ2n) is 7.17. The van der Waals surface area contributed by atoms with Crippen LogP contribution >= 0.6 is 0 Å². The fraction of sp³-hybridized carbons (Fsp3) is 0.381. The number of nitrogens with zero attached hydrogens (tertiary/aromatic N) is 1. The quantitative estimate of drug-likeness (QED) is 0.630. The van der Waals surface area contributed by atoms with Crippen LogP contribution in [0.5, 0.6) is 11.5 Å². The average molecular weight is 351 g/mol. The van der Waals surface area contributed by atoms with Gasteiger partial charge in [0.05, 0.1) is 0 Å². The summed E-state index contributed by atoms with van der Waals surface area (Å²) in [4.78, 5) is 4.55.